The van der Waals surface area contributed by atoms with E-state index in [2.05, 4.69) is 23.9 Å². The van der Waals surface area contributed by atoms with Gasteiger partial charge in [-0.05, 0) is 42.4 Å². The normalized spacial score (nSPS) is 21.3. The van der Waals surface area contributed by atoms with Crippen molar-refractivity contribution in [1.29, 1.82) is 0 Å². The second kappa shape index (κ2) is 5.74. The van der Waals surface area contributed by atoms with Crippen molar-refractivity contribution < 1.29 is 9.53 Å². The van der Waals surface area contributed by atoms with Crippen LogP contribution >= 0.6 is 0 Å². The molecule has 0 aliphatic heterocycles. The molecule has 104 valence electrons. The average Bonchev–Trinajstić information content (AvgIpc) is 2.76. The smallest absolute Gasteiger partial charge is 0.337 e. The molecule has 1 fully saturated rings. The highest BCUT2D eigenvalue weighted by molar-refractivity contribution is 5.89. The van der Waals surface area contributed by atoms with Crippen molar-refractivity contribution in [1.82, 2.24) is 5.32 Å². The van der Waals surface area contributed by atoms with Crippen LogP contribution in [-0.2, 0) is 11.3 Å². The Morgan fingerprint density at radius 2 is 2.05 bits per heavy atom. The maximum absolute atomic E-state index is 11.3. The third-order valence-corrected chi connectivity index (χ3v) is 3.94. The van der Waals surface area contributed by atoms with E-state index < -0.39 is 0 Å². The number of benzene rings is 1. The quantitative estimate of drug-likeness (QED) is 0.846. The van der Waals surface area contributed by atoms with Crippen molar-refractivity contribution in [2.75, 3.05) is 7.11 Å². The van der Waals surface area contributed by atoms with Crippen LogP contribution in [0.5, 0.6) is 0 Å². The van der Waals surface area contributed by atoms with Gasteiger partial charge in [-0.3, -0.25) is 0 Å². The fraction of sp³-hybridized carbons (Fsp3) is 0.562. The summed E-state index contributed by atoms with van der Waals surface area (Å²) in [5.74, 6) is -0.281. The van der Waals surface area contributed by atoms with E-state index in [4.69, 9.17) is 0 Å². The lowest BCUT2D eigenvalue weighted by atomic mass is 9.92. The summed E-state index contributed by atoms with van der Waals surface area (Å²) in [6, 6.07) is 8.23. The Morgan fingerprint density at radius 3 is 2.58 bits per heavy atom. The summed E-state index contributed by atoms with van der Waals surface area (Å²) in [6.45, 7) is 5.53. The van der Waals surface area contributed by atoms with E-state index in [1.807, 2.05) is 24.3 Å². The molecule has 0 bridgehead atoms. The van der Waals surface area contributed by atoms with E-state index in [9.17, 15) is 4.79 Å². The average molecular weight is 261 g/mol. The van der Waals surface area contributed by atoms with Crippen LogP contribution in [0.3, 0.4) is 0 Å². The van der Waals surface area contributed by atoms with E-state index in [-0.39, 0.29) is 5.97 Å². The molecule has 0 aromatic heterocycles. The number of nitrogens with one attached hydrogen (secondary N) is 1. The zero-order valence-electron chi connectivity index (χ0n) is 12.0. The minimum absolute atomic E-state index is 0.281. The summed E-state index contributed by atoms with van der Waals surface area (Å²) in [5.41, 5.74) is 2.29. The summed E-state index contributed by atoms with van der Waals surface area (Å²) in [7, 11) is 1.40. The van der Waals surface area contributed by atoms with Crippen molar-refractivity contribution in [3.8, 4) is 0 Å². The first-order chi connectivity index (χ1) is 9.00. The van der Waals surface area contributed by atoms with Crippen LogP contribution in [0.15, 0.2) is 24.3 Å². The van der Waals surface area contributed by atoms with Gasteiger partial charge in [0.05, 0.1) is 12.7 Å². The molecule has 1 N–H and O–H groups in total. The van der Waals surface area contributed by atoms with Crippen molar-refractivity contribution in [2.24, 2.45) is 5.41 Å². The minimum atomic E-state index is -0.281. The van der Waals surface area contributed by atoms with Crippen molar-refractivity contribution in [3.63, 3.8) is 0 Å². The summed E-state index contributed by atoms with van der Waals surface area (Å²) >= 11 is 0. The third-order valence-electron chi connectivity index (χ3n) is 3.94. The van der Waals surface area contributed by atoms with Crippen LogP contribution in [0.25, 0.3) is 0 Å². The largest absolute Gasteiger partial charge is 0.465 e. The summed E-state index contributed by atoms with van der Waals surface area (Å²) in [6.07, 6.45) is 3.80. The van der Waals surface area contributed by atoms with Crippen LogP contribution in [0, 0.1) is 5.41 Å². The molecular weight excluding hydrogens is 238 g/mol. The molecular formula is C16H23NO2. The number of carbonyl (C=O) groups excluding carboxylic acids is 1. The maximum Gasteiger partial charge on any atom is 0.337 e. The molecule has 19 heavy (non-hydrogen) atoms. The molecule has 0 amide bonds. The molecule has 1 aromatic carbocycles. The van der Waals surface area contributed by atoms with Gasteiger partial charge >= 0.3 is 5.97 Å². The number of hydrogen-bond donors (Lipinski definition) is 1. The van der Waals surface area contributed by atoms with Gasteiger partial charge in [-0.1, -0.05) is 26.0 Å². The van der Waals surface area contributed by atoms with Gasteiger partial charge in [0.1, 0.15) is 0 Å². The zero-order valence-corrected chi connectivity index (χ0v) is 12.0. The first-order valence-electron chi connectivity index (χ1n) is 6.91. The summed E-state index contributed by atoms with van der Waals surface area (Å²) in [5, 5.41) is 3.60. The Bertz CT molecular complexity index is 437. The minimum Gasteiger partial charge on any atom is -0.465 e. The van der Waals surface area contributed by atoms with E-state index in [1.54, 1.807) is 0 Å². The lowest BCUT2D eigenvalue weighted by Gasteiger charge is -2.18. The van der Waals surface area contributed by atoms with Gasteiger partial charge in [0, 0.05) is 12.6 Å². The molecule has 1 aliphatic rings. The Kier molecular flexibility index (Phi) is 4.25. The van der Waals surface area contributed by atoms with Gasteiger partial charge in [0.15, 0.2) is 0 Å². The number of methoxy groups -OCH3 is 1. The van der Waals surface area contributed by atoms with Crippen LogP contribution in [0.4, 0.5) is 0 Å². The van der Waals surface area contributed by atoms with Gasteiger partial charge < -0.3 is 10.1 Å². The topological polar surface area (TPSA) is 38.3 Å². The lowest BCUT2D eigenvalue weighted by molar-refractivity contribution is 0.0600. The van der Waals surface area contributed by atoms with Crippen molar-refractivity contribution >= 4 is 5.97 Å². The molecule has 1 aromatic rings. The second-order valence-electron chi connectivity index (χ2n) is 6.17. The molecule has 2 rings (SSSR count). The second-order valence-corrected chi connectivity index (χ2v) is 6.17. The number of carbonyl (C=O) groups is 1. The van der Waals surface area contributed by atoms with Gasteiger partial charge in [-0.25, -0.2) is 4.79 Å². The molecule has 1 aliphatic carbocycles. The first-order valence-corrected chi connectivity index (χ1v) is 6.91. The van der Waals surface area contributed by atoms with E-state index in [0.717, 1.165) is 6.54 Å². The Labute approximate surface area is 115 Å². The van der Waals surface area contributed by atoms with Crippen LogP contribution < -0.4 is 5.32 Å². The van der Waals surface area contributed by atoms with Crippen LogP contribution in [0.2, 0.25) is 0 Å². The lowest BCUT2D eigenvalue weighted by Crippen LogP contribution is -2.26. The molecule has 0 radical (unpaired) electrons. The number of hydrogen-bond acceptors (Lipinski definition) is 3. The monoisotopic (exact) mass is 261 g/mol. The van der Waals surface area contributed by atoms with Crippen LogP contribution in [-0.4, -0.2) is 19.1 Å². The summed E-state index contributed by atoms with van der Waals surface area (Å²) < 4.78 is 4.69. The maximum atomic E-state index is 11.3. The number of ether oxygens (including phenoxy) is 1. The molecule has 1 unspecified atom stereocenters. The SMILES string of the molecule is COC(=O)c1ccc(CNC2CCC(C)(C)C2)cc1. The fourth-order valence-corrected chi connectivity index (χ4v) is 2.75. The molecule has 3 nitrogen and oxygen atoms in total. The first kappa shape index (κ1) is 14.1. The highest BCUT2D eigenvalue weighted by Gasteiger charge is 2.30. The molecule has 1 atom stereocenters. The molecule has 0 saturated heterocycles. The predicted molar refractivity (Wildman–Crippen MR) is 76.0 cm³/mol. The van der Waals surface area contributed by atoms with E-state index >= 15 is 0 Å². The van der Waals surface area contributed by atoms with Crippen LogP contribution in [0.1, 0.15) is 49.0 Å². The Hall–Kier alpha value is -1.35. The molecule has 3 heteroatoms. The van der Waals surface area contributed by atoms with Gasteiger partial charge in [0.2, 0.25) is 0 Å². The van der Waals surface area contributed by atoms with Gasteiger partial charge in [0.25, 0.3) is 0 Å². The fourth-order valence-electron chi connectivity index (χ4n) is 2.75. The van der Waals surface area contributed by atoms with E-state index in [0.29, 0.717) is 17.0 Å². The summed E-state index contributed by atoms with van der Waals surface area (Å²) in [4.78, 5) is 11.3. The number of rotatable bonds is 4. The molecule has 0 spiro atoms. The van der Waals surface area contributed by atoms with E-state index in [1.165, 1.54) is 31.9 Å². The molecule has 0 heterocycles. The van der Waals surface area contributed by atoms with Crippen molar-refractivity contribution in [2.45, 2.75) is 45.7 Å². The zero-order chi connectivity index (χ0) is 13.9. The molecule has 1 saturated carbocycles. The highest BCUT2D eigenvalue weighted by atomic mass is 16.5. The predicted octanol–water partition coefficient (Wildman–Crippen LogP) is 3.14. The standard InChI is InChI=1S/C16H23NO2/c1-16(2)9-8-14(10-16)17-11-12-4-6-13(7-5-12)15(18)19-3/h4-7,14,17H,8-11H2,1-3H3. The van der Waals surface area contributed by atoms with Gasteiger partial charge in [-0.2, -0.15) is 0 Å². The van der Waals surface area contributed by atoms with Gasteiger partial charge in [-0.15, -0.1) is 0 Å². The number of esters is 1. The third kappa shape index (κ3) is 3.80. The Morgan fingerprint density at radius 1 is 1.37 bits per heavy atom. The Balaban J connectivity index is 1.85. The van der Waals surface area contributed by atoms with Crippen molar-refractivity contribution in [3.05, 3.63) is 35.4 Å². The highest BCUT2D eigenvalue weighted by Crippen LogP contribution is 2.36.